The van der Waals surface area contributed by atoms with E-state index in [0.29, 0.717) is 30.3 Å². The van der Waals surface area contributed by atoms with Crippen LogP contribution in [0, 0.1) is 11.3 Å². The van der Waals surface area contributed by atoms with Crippen molar-refractivity contribution in [3.8, 4) is 17.6 Å². The van der Waals surface area contributed by atoms with Gasteiger partial charge in [0.25, 0.3) is 0 Å². The summed E-state index contributed by atoms with van der Waals surface area (Å²) in [7, 11) is 0. The summed E-state index contributed by atoms with van der Waals surface area (Å²) in [4.78, 5) is 14.6. The summed E-state index contributed by atoms with van der Waals surface area (Å²) in [5.74, 6) is 1.47. The average molecular weight is 369 g/mol. The topological polar surface area (TPSA) is 74.6 Å². The smallest absolute Gasteiger partial charge is 0.239 e. The number of nitriles is 1. The van der Waals surface area contributed by atoms with Gasteiger partial charge in [0.15, 0.2) is 11.5 Å². The van der Waals surface area contributed by atoms with Crippen molar-refractivity contribution in [1.29, 1.82) is 5.26 Å². The molecule has 6 nitrogen and oxygen atoms in total. The molecule has 1 saturated heterocycles. The molecule has 0 spiro atoms. The van der Waals surface area contributed by atoms with Crippen LogP contribution >= 0.6 is 11.3 Å². The lowest BCUT2D eigenvalue weighted by molar-refractivity contribution is -0.117. The fourth-order valence-electron chi connectivity index (χ4n) is 3.50. The first-order valence-corrected chi connectivity index (χ1v) is 9.53. The highest BCUT2D eigenvalue weighted by atomic mass is 32.1. The fourth-order valence-corrected chi connectivity index (χ4v) is 4.26. The number of anilines is 1. The Morgan fingerprint density at radius 3 is 3.00 bits per heavy atom. The van der Waals surface area contributed by atoms with Gasteiger partial charge in [0.2, 0.25) is 5.91 Å². The first kappa shape index (κ1) is 16.9. The lowest BCUT2D eigenvalue weighted by atomic mass is 10.0. The number of nitrogens with zero attached hydrogens (tertiary/aromatic N) is 2. The highest BCUT2D eigenvalue weighted by Crippen LogP contribution is 2.38. The van der Waals surface area contributed by atoms with E-state index in [1.165, 1.54) is 11.3 Å². The maximum absolute atomic E-state index is 12.4. The Bertz CT molecular complexity index is 858. The van der Waals surface area contributed by atoms with E-state index in [4.69, 9.17) is 14.7 Å². The number of carbonyl (C=O) groups is 1. The summed E-state index contributed by atoms with van der Waals surface area (Å²) in [5, 5.41) is 14.4. The number of nitrogens with one attached hydrogen (secondary N) is 1. The fraction of sp³-hybridized carbons (Fsp3) is 0.368. The molecular formula is C19H19N3O3S. The minimum Gasteiger partial charge on any atom is -0.486 e. The summed E-state index contributed by atoms with van der Waals surface area (Å²) < 4.78 is 11.3. The van der Waals surface area contributed by atoms with E-state index < -0.39 is 0 Å². The Morgan fingerprint density at radius 1 is 1.31 bits per heavy atom. The Kier molecular flexibility index (Phi) is 4.78. The van der Waals surface area contributed by atoms with Gasteiger partial charge in [-0.05, 0) is 48.5 Å². The molecule has 1 aromatic heterocycles. The van der Waals surface area contributed by atoms with Crippen molar-refractivity contribution in [2.24, 2.45) is 0 Å². The molecule has 1 fully saturated rings. The molecule has 1 unspecified atom stereocenters. The Labute approximate surface area is 155 Å². The highest BCUT2D eigenvalue weighted by molar-refractivity contribution is 7.14. The van der Waals surface area contributed by atoms with Crippen LogP contribution in [-0.4, -0.2) is 37.1 Å². The number of benzene rings is 1. The molecule has 1 N–H and O–H groups in total. The van der Waals surface area contributed by atoms with E-state index in [9.17, 15) is 4.79 Å². The molecule has 1 aromatic carbocycles. The number of hydrogen-bond acceptors (Lipinski definition) is 6. The summed E-state index contributed by atoms with van der Waals surface area (Å²) in [5.41, 5.74) is 1.65. The van der Waals surface area contributed by atoms with Crippen LogP contribution in [0.15, 0.2) is 29.6 Å². The molecule has 0 radical (unpaired) electrons. The molecular weight excluding hydrogens is 350 g/mol. The van der Waals surface area contributed by atoms with Crippen molar-refractivity contribution in [3.05, 3.63) is 40.8 Å². The quantitative estimate of drug-likeness (QED) is 0.896. The van der Waals surface area contributed by atoms with Gasteiger partial charge in [0, 0.05) is 6.04 Å². The molecule has 2 aliphatic rings. The van der Waals surface area contributed by atoms with Crippen LogP contribution in [0.3, 0.4) is 0 Å². The molecule has 7 heteroatoms. The van der Waals surface area contributed by atoms with Gasteiger partial charge < -0.3 is 14.8 Å². The van der Waals surface area contributed by atoms with Gasteiger partial charge in [-0.15, -0.1) is 11.3 Å². The second kappa shape index (κ2) is 7.36. The Morgan fingerprint density at radius 2 is 2.15 bits per heavy atom. The first-order valence-electron chi connectivity index (χ1n) is 8.65. The van der Waals surface area contributed by atoms with Crippen molar-refractivity contribution >= 4 is 22.2 Å². The Hall–Kier alpha value is -2.56. The number of likely N-dealkylation sites (tertiary alicyclic amines) is 1. The molecule has 1 atom stereocenters. The average Bonchev–Trinajstić information content (AvgIpc) is 3.30. The monoisotopic (exact) mass is 369 g/mol. The summed E-state index contributed by atoms with van der Waals surface area (Å²) in [6, 6.07) is 10.0. The third kappa shape index (κ3) is 3.39. The van der Waals surface area contributed by atoms with Crippen LogP contribution < -0.4 is 14.8 Å². The first-order chi connectivity index (χ1) is 12.7. The lowest BCUT2D eigenvalue weighted by Gasteiger charge is -2.26. The van der Waals surface area contributed by atoms with Crippen LogP contribution in [-0.2, 0) is 4.79 Å². The lowest BCUT2D eigenvalue weighted by Crippen LogP contribution is -2.33. The van der Waals surface area contributed by atoms with Gasteiger partial charge in [-0.25, -0.2) is 0 Å². The predicted octanol–water partition coefficient (Wildman–Crippen LogP) is 3.17. The van der Waals surface area contributed by atoms with Crippen molar-refractivity contribution in [3.63, 3.8) is 0 Å². The maximum Gasteiger partial charge on any atom is 0.239 e. The molecule has 134 valence electrons. The number of rotatable bonds is 4. The zero-order valence-corrected chi connectivity index (χ0v) is 15.1. The van der Waals surface area contributed by atoms with E-state index in [2.05, 4.69) is 22.4 Å². The zero-order chi connectivity index (χ0) is 17.9. The highest BCUT2D eigenvalue weighted by Gasteiger charge is 2.29. The van der Waals surface area contributed by atoms with Gasteiger partial charge in [-0.3, -0.25) is 9.69 Å². The number of thiophene rings is 1. The SMILES string of the molecule is N#Cc1ccsc1NC(=O)CN1CCCC1c1ccc2c(c1)OCCO2. The molecule has 2 aliphatic heterocycles. The van der Waals surface area contributed by atoms with Crippen molar-refractivity contribution in [2.75, 3.05) is 31.6 Å². The van der Waals surface area contributed by atoms with Crippen LogP contribution in [0.2, 0.25) is 0 Å². The normalized spacial score (nSPS) is 19.1. The van der Waals surface area contributed by atoms with Crippen LogP contribution in [0.4, 0.5) is 5.00 Å². The van der Waals surface area contributed by atoms with Gasteiger partial charge >= 0.3 is 0 Å². The molecule has 0 bridgehead atoms. The third-order valence-electron chi connectivity index (χ3n) is 4.70. The minimum absolute atomic E-state index is 0.0895. The Balaban J connectivity index is 1.45. The van der Waals surface area contributed by atoms with E-state index >= 15 is 0 Å². The molecule has 2 aromatic rings. The number of carbonyl (C=O) groups excluding carboxylic acids is 1. The number of hydrogen-bond donors (Lipinski definition) is 1. The van der Waals surface area contributed by atoms with Gasteiger partial charge in [-0.2, -0.15) is 5.26 Å². The molecule has 3 heterocycles. The van der Waals surface area contributed by atoms with E-state index in [-0.39, 0.29) is 11.9 Å². The van der Waals surface area contributed by atoms with Gasteiger partial charge in [0.05, 0.1) is 12.1 Å². The second-order valence-corrected chi connectivity index (χ2v) is 7.27. The van der Waals surface area contributed by atoms with E-state index in [1.54, 1.807) is 6.07 Å². The summed E-state index contributed by atoms with van der Waals surface area (Å²) in [6.07, 6.45) is 2.06. The van der Waals surface area contributed by atoms with Crippen LogP contribution in [0.5, 0.6) is 11.5 Å². The second-order valence-electron chi connectivity index (χ2n) is 6.35. The summed E-state index contributed by atoms with van der Waals surface area (Å²) >= 11 is 1.37. The predicted molar refractivity (Wildman–Crippen MR) is 98.6 cm³/mol. The zero-order valence-electron chi connectivity index (χ0n) is 14.2. The molecule has 1 amide bonds. The number of amides is 1. The molecule has 0 saturated carbocycles. The third-order valence-corrected chi connectivity index (χ3v) is 5.53. The van der Waals surface area contributed by atoms with E-state index in [0.717, 1.165) is 36.4 Å². The van der Waals surface area contributed by atoms with Gasteiger partial charge in [-0.1, -0.05) is 6.07 Å². The number of fused-ring (bicyclic) bond motifs is 1. The largest absolute Gasteiger partial charge is 0.486 e. The standard InChI is InChI=1S/C19H19N3O3S/c20-11-14-5-9-26-19(14)21-18(23)12-22-6-1-2-15(22)13-3-4-16-17(10-13)25-8-7-24-16/h3-5,9-10,15H,1-2,6-8,12H2,(H,21,23). The molecule has 4 rings (SSSR count). The van der Waals surface area contributed by atoms with Crippen molar-refractivity contribution in [2.45, 2.75) is 18.9 Å². The van der Waals surface area contributed by atoms with Crippen LogP contribution in [0.1, 0.15) is 30.0 Å². The minimum atomic E-state index is -0.0895. The number of ether oxygens (including phenoxy) is 2. The van der Waals surface area contributed by atoms with Crippen LogP contribution in [0.25, 0.3) is 0 Å². The van der Waals surface area contributed by atoms with E-state index in [1.807, 2.05) is 17.5 Å². The molecule has 0 aliphatic carbocycles. The van der Waals surface area contributed by atoms with Crippen molar-refractivity contribution < 1.29 is 14.3 Å². The maximum atomic E-state index is 12.4. The summed E-state index contributed by atoms with van der Waals surface area (Å²) in [6.45, 7) is 2.33. The molecule has 26 heavy (non-hydrogen) atoms. The van der Waals surface area contributed by atoms with Crippen molar-refractivity contribution in [1.82, 2.24) is 4.90 Å². The van der Waals surface area contributed by atoms with Gasteiger partial charge in [0.1, 0.15) is 24.3 Å².